The standard InChI is InChI=1S/C24H26N6O4/c1-2-34-24(33)21(11-16-10-17-6-3-4-9-20(17)26-13-16)30-22(31)14-27-23(32)18-7-5-8-19(12-18)28-15-29-25/h3-10,12-13,15,21H,2,11,14,25H2,1H3,(H,27,32)(H,28,29)(H,30,31). The predicted molar refractivity (Wildman–Crippen MR) is 129 cm³/mol. The Morgan fingerprint density at radius 1 is 1.15 bits per heavy atom. The van der Waals surface area contributed by atoms with E-state index < -0.39 is 23.8 Å². The van der Waals surface area contributed by atoms with E-state index in [4.69, 9.17) is 10.6 Å². The van der Waals surface area contributed by atoms with Crippen molar-refractivity contribution in [1.82, 2.24) is 15.6 Å². The topological polar surface area (TPSA) is 148 Å². The van der Waals surface area contributed by atoms with Gasteiger partial charge < -0.3 is 26.5 Å². The van der Waals surface area contributed by atoms with Gasteiger partial charge in [0.15, 0.2) is 0 Å². The van der Waals surface area contributed by atoms with Crippen LogP contribution in [0.1, 0.15) is 22.8 Å². The molecule has 0 aliphatic rings. The van der Waals surface area contributed by atoms with E-state index in [9.17, 15) is 14.4 Å². The summed E-state index contributed by atoms with van der Waals surface area (Å²) in [5.74, 6) is 3.52. The Hall–Kier alpha value is -4.47. The lowest BCUT2D eigenvalue weighted by Gasteiger charge is -2.18. The van der Waals surface area contributed by atoms with Crippen LogP contribution in [0.2, 0.25) is 0 Å². The molecule has 3 rings (SSSR count). The molecule has 2 aromatic carbocycles. The third-order valence-electron chi connectivity index (χ3n) is 4.83. The fourth-order valence-corrected chi connectivity index (χ4v) is 3.27. The molecule has 0 bridgehead atoms. The number of amides is 2. The fraction of sp³-hybridized carbons (Fsp3) is 0.208. The third kappa shape index (κ3) is 6.76. The fourth-order valence-electron chi connectivity index (χ4n) is 3.27. The van der Waals surface area contributed by atoms with Crippen molar-refractivity contribution >= 4 is 40.7 Å². The van der Waals surface area contributed by atoms with Crippen molar-refractivity contribution in [3.8, 4) is 0 Å². The number of fused-ring (bicyclic) bond motifs is 1. The zero-order chi connectivity index (χ0) is 24.3. The minimum absolute atomic E-state index is 0.178. The number of hydrazone groups is 1. The number of anilines is 1. The number of pyridine rings is 1. The molecule has 1 unspecified atom stereocenters. The first-order valence-corrected chi connectivity index (χ1v) is 10.7. The number of nitrogens with one attached hydrogen (secondary N) is 3. The Morgan fingerprint density at radius 3 is 2.76 bits per heavy atom. The first kappa shape index (κ1) is 24.2. The van der Waals surface area contributed by atoms with Crippen LogP contribution in [0, 0.1) is 0 Å². The highest BCUT2D eigenvalue weighted by atomic mass is 16.5. The van der Waals surface area contributed by atoms with Crippen LogP contribution in [-0.4, -0.2) is 48.3 Å². The number of nitrogens with zero attached hydrogens (tertiary/aromatic N) is 2. The Kier molecular flexibility index (Phi) is 8.50. The molecule has 0 spiro atoms. The highest BCUT2D eigenvalue weighted by Crippen LogP contribution is 2.14. The molecule has 176 valence electrons. The van der Waals surface area contributed by atoms with Crippen LogP contribution < -0.4 is 21.8 Å². The lowest BCUT2D eigenvalue weighted by Crippen LogP contribution is -2.47. The molecule has 0 saturated heterocycles. The first-order chi connectivity index (χ1) is 16.5. The first-order valence-electron chi connectivity index (χ1n) is 10.7. The van der Waals surface area contributed by atoms with Crippen molar-refractivity contribution in [1.29, 1.82) is 0 Å². The molecule has 0 fully saturated rings. The van der Waals surface area contributed by atoms with Crippen LogP contribution in [0.4, 0.5) is 5.69 Å². The van der Waals surface area contributed by atoms with E-state index in [1.807, 2.05) is 30.3 Å². The van der Waals surface area contributed by atoms with Gasteiger partial charge in [-0.2, -0.15) is 5.10 Å². The molecule has 2 amide bonds. The molecule has 1 heterocycles. The van der Waals surface area contributed by atoms with E-state index in [0.29, 0.717) is 11.3 Å². The van der Waals surface area contributed by atoms with Gasteiger partial charge in [-0.05, 0) is 42.8 Å². The summed E-state index contributed by atoms with van der Waals surface area (Å²) in [6.07, 6.45) is 3.15. The summed E-state index contributed by atoms with van der Waals surface area (Å²) in [5, 5.41) is 12.3. The van der Waals surface area contributed by atoms with Gasteiger partial charge in [0.25, 0.3) is 5.91 Å². The van der Waals surface area contributed by atoms with Gasteiger partial charge in [-0.1, -0.05) is 24.3 Å². The minimum Gasteiger partial charge on any atom is -0.464 e. The maximum atomic E-state index is 12.5. The Balaban J connectivity index is 1.62. The van der Waals surface area contributed by atoms with Gasteiger partial charge in [-0.15, -0.1) is 0 Å². The average Bonchev–Trinajstić information content (AvgIpc) is 2.86. The minimum atomic E-state index is -0.921. The summed E-state index contributed by atoms with van der Waals surface area (Å²) >= 11 is 0. The average molecular weight is 463 g/mol. The quantitative estimate of drug-likeness (QED) is 0.117. The number of ether oxygens (including phenoxy) is 1. The Bertz CT molecular complexity index is 1200. The number of benzene rings is 2. The van der Waals surface area contributed by atoms with E-state index in [-0.39, 0.29) is 19.6 Å². The molecule has 0 radical (unpaired) electrons. The molecule has 1 aromatic heterocycles. The molecule has 3 aromatic rings. The normalized spacial score (nSPS) is 11.7. The van der Waals surface area contributed by atoms with Crippen LogP contribution >= 0.6 is 0 Å². The maximum absolute atomic E-state index is 12.5. The van der Waals surface area contributed by atoms with Crippen molar-refractivity contribution in [2.24, 2.45) is 10.9 Å². The third-order valence-corrected chi connectivity index (χ3v) is 4.83. The molecule has 5 N–H and O–H groups in total. The van der Waals surface area contributed by atoms with Gasteiger partial charge in [0.2, 0.25) is 5.91 Å². The molecular formula is C24H26N6O4. The van der Waals surface area contributed by atoms with E-state index in [2.05, 4.69) is 26.0 Å². The largest absolute Gasteiger partial charge is 0.464 e. The Morgan fingerprint density at radius 2 is 1.97 bits per heavy atom. The van der Waals surface area contributed by atoms with Crippen molar-refractivity contribution < 1.29 is 19.1 Å². The number of rotatable bonds is 10. The van der Waals surface area contributed by atoms with Crippen molar-refractivity contribution in [3.05, 3.63) is 71.9 Å². The summed E-state index contributed by atoms with van der Waals surface area (Å²) in [4.78, 5) is 41.8. The summed E-state index contributed by atoms with van der Waals surface area (Å²) in [7, 11) is 0. The van der Waals surface area contributed by atoms with Crippen LogP contribution in [0.3, 0.4) is 0 Å². The van der Waals surface area contributed by atoms with Crippen LogP contribution in [-0.2, 0) is 20.7 Å². The second-order valence-corrected chi connectivity index (χ2v) is 7.30. The van der Waals surface area contributed by atoms with Crippen LogP contribution in [0.25, 0.3) is 10.9 Å². The van der Waals surface area contributed by atoms with E-state index >= 15 is 0 Å². The number of carbonyl (C=O) groups excluding carboxylic acids is 3. The predicted octanol–water partition coefficient (Wildman–Crippen LogP) is 1.57. The highest BCUT2D eigenvalue weighted by molar-refractivity contribution is 5.98. The summed E-state index contributed by atoms with van der Waals surface area (Å²) < 4.78 is 5.12. The number of para-hydroxylation sites is 1. The molecule has 34 heavy (non-hydrogen) atoms. The second-order valence-electron chi connectivity index (χ2n) is 7.30. The SMILES string of the molecule is CCOC(=O)C(Cc1cnc2ccccc2c1)NC(=O)CNC(=O)c1cccc(NC=NN)c1. The molecule has 10 heteroatoms. The monoisotopic (exact) mass is 462 g/mol. The van der Waals surface area contributed by atoms with Crippen molar-refractivity contribution in [2.45, 2.75) is 19.4 Å². The molecule has 0 saturated carbocycles. The van der Waals surface area contributed by atoms with Gasteiger partial charge >= 0.3 is 5.97 Å². The summed E-state index contributed by atoms with van der Waals surface area (Å²) in [5.41, 5.74) is 2.55. The number of aromatic nitrogens is 1. The molecule has 1 atom stereocenters. The van der Waals surface area contributed by atoms with Crippen molar-refractivity contribution in [3.63, 3.8) is 0 Å². The second kappa shape index (κ2) is 12.0. The van der Waals surface area contributed by atoms with Crippen LogP contribution in [0.5, 0.6) is 0 Å². The van der Waals surface area contributed by atoms with Gasteiger partial charge in [-0.3, -0.25) is 14.6 Å². The summed E-state index contributed by atoms with van der Waals surface area (Å²) in [6, 6.07) is 15.2. The maximum Gasteiger partial charge on any atom is 0.328 e. The van der Waals surface area contributed by atoms with Gasteiger partial charge in [0, 0.05) is 29.3 Å². The number of carbonyl (C=O) groups is 3. The van der Waals surface area contributed by atoms with Gasteiger partial charge in [-0.25, -0.2) is 4.79 Å². The van der Waals surface area contributed by atoms with E-state index in [0.717, 1.165) is 16.5 Å². The van der Waals surface area contributed by atoms with Crippen LogP contribution in [0.15, 0.2) is 65.9 Å². The van der Waals surface area contributed by atoms with E-state index in [1.54, 1.807) is 37.4 Å². The van der Waals surface area contributed by atoms with E-state index in [1.165, 1.54) is 6.34 Å². The van der Waals surface area contributed by atoms with Gasteiger partial charge in [0.05, 0.1) is 18.7 Å². The Labute approximate surface area is 196 Å². The number of hydrogen-bond acceptors (Lipinski definition) is 7. The number of nitrogens with two attached hydrogens (primary N) is 1. The molecular weight excluding hydrogens is 436 g/mol. The lowest BCUT2D eigenvalue weighted by atomic mass is 10.1. The highest BCUT2D eigenvalue weighted by Gasteiger charge is 2.23. The summed E-state index contributed by atoms with van der Waals surface area (Å²) in [6.45, 7) is 1.56. The molecule has 10 nitrogen and oxygen atoms in total. The number of esters is 1. The van der Waals surface area contributed by atoms with Crippen molar-refractivity contribution in [2.75, 3.05) is 18.5 Å². The number of hydrogen-bond donors (Lipinski definition) is 4. The van der Waals surface area contributed by atoms with Gasteiger partial charge in [0.1, 0.15) is 12.4 Å². The lowest BCUT2D eigenvalue weighted by molar-refractivity contribution is -0.147. The smallest absolute Gasteiger partial charge is 0.328 e. The molecule has 0 aliphatic carbocycles. The molecule has 0 aliphatic heterocycles. The zero-order valence-corrected chi connectivity index (χ0v) is 18.7. The zero-order valence-electron chi connectivity index (χ0n) is 18.7.